The average molecular weight is 465 g/mol. The molecule has 0 spiro atoms. The van der Waals surface area contributed by atoms with Crippen LogP contribution in [0.1, 0.15) is 27.0 Å². The van der Waals surface area contributed by atoms with Crippen LogP contribution in [0.4, 0.5) is 11.9 Å². The van der Waals surface area contributed by atoms with E-state index in [-0.39, 0.29) is 11.9 Å². The molecule has 2 N–H and O–H groups in total. The maximum Gasteiger partial charge on any atom is 0.270 e. The Morgan fingerprint density at radius 2 is 1.74 bits per heavy atom. The van der Waals surface area contributed by atoms with Crippen LogP contribution >= 0.6 is 0 Å². The summed E-state index contributed by atoms with van der Waals surface area (Å²) in [5.74, 6) is 0.812. The van der Waals surface area contributed by atoms with E-state index in [1.807, 2.05) is 36.4 Å². The standard InChI is InChI=1S/C26H24N8O/c1-33-23-9-5-4-8-22(23)27-26(33)34(21-14-19-6-2-3-7-20(19)15-21)16-17-10-12-18(13-11-17)24(35)28-25-29-31-32-30-25/h2-13,21H,14-16H2,1H3,(H2,28,29,30,31,32,35). The van der Waals surface area contributed by atoms with Gasteiger partial charge in [0, 0.05) is 25.2 Å². The molecular weight excluding hydrogens is 440 g/mol. The first-order valence-electron chi connectivity index (χ1n) is 11.5. The van der Waals surface area contributed by atoms with Crippen LogP contribution in [-0.4, -0.2) is 42.1 Å². The number of aryl methyl sites for hydroxylation is 1. The smallest absolute Gasteiger partial charge is 0.270 e. The van der Waals surface area contributed by atoms with Crippen LogP contribution in [0.25, 0.3) is 11.0 Å². The minimum Gasteiger partial charge on any atom is -0.334 e. The fraction of sp³-hybridized carbons (Fsp3) is 0.192. The van der Waals surface area contributed by atoms with Crippen LogP contribution in [-0.2, 0) is 26.4 Å². The SMILES string of the molecule is Cn1c(N(Cc2ccc(C(=O)Nc3nn[nH]n3)cc2)C2Cc3ccccc3C2)nc2ccccc21. The molecule has 2 heterocycles. The van der Waals surface area contributed by atoms with E-state index in [0.717, 1.165) is 35.4 Å². The summed E-state index contributed by atoms with van der Waals surface area (Å²) >= 11 is 0. The minimum atomic E-state index is -0.281. The number of rotatable bonds is 6. The van der Waals surface area contributed by atoms with E-state index in [4.69, 9.17) is 4.98 Å². The lowest BCUT2D eigenvalue weighted by atomic mass is 10.1. The molecule has 174 valence electrons. The van der Waals surface area contributed by atoms with Crippen molar-refractivity contribution in [3.63, 3.8) is 0 Å². The molecule has 0 atom stereocenters. The van der Waals surface area contributed by atoms with E-state index in [1.165, 1.54) is 11.1 Å². The summed E-state index contributed by atoms with van der Waals surface area (Å²) in [4.78, 5) is 19.9. The Labute approximate surface area is 201 Å². The molecule has 0 bridgehead atoms. The van der Waals surface area contributed by atoms with Crippen molar-refractivity contribution < 1.29 is 4.79 Å². The Morgan fingerprint density at radius 3 is 2.43 bits per heavy atom. The lowest BCUT2D eigenvalue weighted by molar-refractivity contribution is 0.102. The second-order valence-electron chi connectivity index (χ2n) is 8.80. The number of benzene rings is 3. The molecule has 1 aliphatic rings. The van der Waals surface area contributed by atoms with Gasteiger partial charge in [-0.15, -0.1) is 5.10 Å². The number of imidazole rings is 1. The number of anilines is 2. The highest BCUT2D eigenvalue weighted by atomic mass is 16.1. The van der Waals surface area contributed by atoms with Crippen LogP contribution in [0.5, 0.6) is 0 Å². The predicted molar refractivity (Wildman–Crippen MR) is 133 cm³/mol. The Morgan fingerprint density at radius 1 is 1.03 bits per heavy atom. The molecule has 0 fully saturated rings. The molecule has 3 aromatic carbocycles. The molecule has 9 heteroatoms. The summed E-state index contributed by atoms with van der Waals surface area (Å²) in [5, 5.41) is 15.9. The van der Waals surface area contributed by atoms with Gasteiger partial charge in [-0.1, -0.05) is 53.6 Å². The van der Waals surface area contributed by atoms with Gasteiger partial charge in [-0.3, -0.25) is 10.1 Å². The zero-order chi connectivity index (χ0) is 23.8. The van der Waals surface area contributed by atoms with Gasteiger partial charge in [0.05, 0.1) is 11.0 Å². The first-order valence-corrected chi connectivity index (χ1v) is 11.5. The van der Waals surface area contributed by atoms with Gasteiger partial charge in [-0.05, 0) is 59.0 Å². The molecule has 2 aromatic heterocycles. The van der Waals surface area contributed by atoms with Crippen LogP contribution in [0.2, 0.25) is 0 Å². The van der Waals surface area contributed by atoms with Crippen molar-refractivity contribution in [2.75, 3.05) is 10.2 Å². The molecule has 9 nitrogen and oxygen atoms in total. The van der Waals surface area contributed by atoms with Crippen LogP contribution in [0.15, 0.2) is 72.8 Å². The summed E-state index contributed by atoms with van der Waals surface area (Å²) in [6.07, 6.45) is 1.95. The number of fused-ring (bicyclic) bond motifs is 2. The molecule has 0 saturated heterocycles. The molecule has 5 aromatic rings. The number of tetrazole rings is 1. The lowest BCUT2D eigenvalue weighted by Crippen LogP contribution is -2.37. The number of nitrogens with zero attached hydrogens (tertiary/aromatic N) is 6. The molecule has 0 radical (unpaired) electrons. The highest BCUT2D eigenvalue weighted by Gasteiger charge is 2.29. The predicted octanol–water partition coefficient (Wildman–Crippen LogP) is 3.51. The number of carbonyl (C=O) groups is 1. The zero-order valence-electron chi connectivity index (χ0n) is 19.2. The number of nitrogens with one attached hydrogen (secondary N) is 2. The maximum absolute atomic E-state index is 12.5. The van der Waals surface area contributed by atoms with Crippen LogP contribution in [0, 0.1) is 0 Å². The Bertz CT molecular complexity index is 1460. The van der Waals surface area contributed by atoms with E-state index < -0.39 is 0 Å². The fourth-order valence-corrected chi connectivity index (χ4v) is 4.86. The largest absolute Gasteiger partial charge is 0.334 e. The van der Waals surface area contributed by atoms with Gasteiger partial charge in [0.2, 0.25) is 5.95 Å². The van der Waals surface area contributed by atoms with Gasteiger partial charge in [0.15, 0.2) is 0 Å². The average Bonchev–Trinajstić information content (AvgIpc) is 3.62. The molecule has 0 unspecified atom stereocenters. The van der Waals surface area contributed by atoms with Crippen molar-refractivity contribution in [1.29, 1.82) is 0 Å². The highest BCUT2D eigenvalue weighted by Crippen LogP contribution is 2.31. The normalized spacial score (nSPS) is 13.2. The zero-order valence-corrected chi connectivity index (χ0v) is 19.2. The molecule has 0 aliphatic heterocycles. The first-order chi connectivity index (χ1) is 17.2. The van der Waals surface area contributed by atoms with Gasteiger partial charge in [0.25, 0.3) is 11.9 Å². The van der Waals surface area contributed by atoms with E-state index >= 15 is 0 Å². The van der Waals surface area contributed by atoms with E-state index in [0.29, 0.717) is 18.2 Å². The third-order valence-corrected chi connectivity index (χ3v) is 6.63. The van der Waals surface area contributed by atoms with Crippen molar-refractivity contribution in [1.82, 2.24) is 30.2 Å². The third-order valence-electron chi connectivity index (χ3n) is 6.63. The number of aromatic nitrogens is 6. The second-order valence-corrected chi connectivity index (χ2v) is 8.80. The summed E-state index contributed by atoms with van der Waals surface area (Å²) in [6, 6.07) is 24.8. The van der Waals surface area contributed by atoms with Gasteiger partial charge >= 0.3 is 0 Å². The number of H-pyrrole nitrogens is 1. The summed E-state index contributed by atoms with van der Waals surface area (Å²) in [7, 11) is 2.07. The molecule has 0 saturated carbocycles. The Balaban J connectivity index is 1.29. The third kappa shape index (κ3) is 4.01. The Hall–Kier alpha value is -4.53. The number of hydrogen-bond donors (Lipinski definition) is 2. The molecule has 1 amide bonds. The van der Waals surface area contributed by atoms with Gasteiger partial charge in [0.1, 0.15) is 0 Å². The van der Waals surface area contributed by atoms with Crippen molar-refractivity contribution in [2.24, 2.45) is 7.05 Å². The monoisotopic (exact) mass is 464 g/mol. The number of para-hydroxylation sites is 2. The number of hydrogen-bond acceptors (Lipinski definition) is 6. The Kier molecular flexibility index (Phi) is 5.21. The van der Waals surface area contributed by atoms with Crippen molar-refractivity contribution in [3.05, 3.63) is 95.1 Å². The van der Waals surface area contributed by atoms with E-state index in [2.05, 4.69) is 78.9 Å². The fourth-order valence-electron chi connectivity index (χ4n) is 4.86. The summed E-state index contributed by atoms with van der Waals surface area (Å²) < 4.78 is 2.17. The first kappa shape index (κ1) is 21.0. The molecule has 6 rings (SSSR count). The van der Waals surface area contributed by atoms with Crippen molar-refractivity contribution in [3.8, 4) is 0 Å². The van der Waals surface area contributed by atoms with Crippen molar-refractivity contribution >= 4 is 28.8 Å². The topological polar surface area (TPSA) is 105 Å². The van der Waals surface area contributed by atoms with E-state index in [1.54, 1.807) is 0 Å². The van der Waals surface area contributed by atoms with E-state index in [9.17, 15) is 4.79 Å². The molecule has 1 aliphatic carbocycles. The van der Waals surface area contributed by atoms with Gasteiger partial charge < -0.3 is 9.47 Å². The van der Waals surface area contributed by atoms with Gasteiger partial charge in [-0.25, -0.2) is 4.98 Å². The van der Waals surface area contributed by atoms with Crippen molar-refractivity contribution in [2.45, 2.75) is 25.4 Å². The van der Waals surface area contributed by atoms with Crippen LogP contribution < -0.4 is 10.2 Å². The minimum absolute atomic E-state index is 0.146. The summed E-state index contributed by atoms with van der Waals surface area (Å²) in [5.41, 5.74) is 6.52. The molecule has 35 heavy (non-hydrogen) atoms. The molecular formula is C26H24N8O. The number of amides is 1. The van der Waals surface area contributed by atoms with Crippen LogP contribution in [0.3, 0.4) is 0 Å². The van der Waals surface area contributed by atoms with Gasteiger partial charge in [-0.2, -0.15) is 5.21 Å². The number of carbonyl (C=O) groups excluding carboxylic acids is 1. The second kappa shape index (κ2) is 8.68. The quantitative estimate of drug-likeness (QED) is 0.399. The number of aromatic amines is 1. The highest BCUT2D eigenvalue weighted by molar-refractivity contribution is 6.03. The summed E-state index contributed by atoms with van der Waals surface area (Å²) in [6.45, 7) is 0.683. The maximum atomic E-state index is 12.5. The lowest BCUT2D eigenvalue weighted by Gasteiger charge is -2.30.